The zero-order chi connectivity index (χ0) is 14.8. The zero-order valence-electron chi connectivity index (χ0n) is 11.2. The number of carbonyl (C=O) groups is 1. The van der Waals surface area contributed by atoms with Gasteiger partial charge in [0, 0.05) is 30.4 Å². The van der Waals surface area contributed by atoms with Crippen LogP contribution < -0.4 is 5.32 Å². The molecule has 0 bridgehead atoms. The molecule has 1 aromatic carbocycles. The molecular formula is C14H14N4O3. The average Bonchev–Trinajstić information content (AvgIpc) is 3.18. The molecule has 1 N–H and O–H groups in total. The summed E-state index contributed by atoms with van der Waals surface area (Å²) in [7, 11) is 0. The fourth-order valence-corrected chi connectivity index (χ4v) is 2.03. The highest BCUT2D eigenvalue weighted by Gasteiger charge is 2.22. The third-order valence-electron chi connectivity index (χ3n) is 3.37. The molecule has 0 unspecified atom stereocenters. The monoisotopic (exact) mass is 286 g/mol. The van der Waals surface area contributed by atoms with Crippen molar-refractivity contribution in [1.82, 2.24) is 9.78 Å². The summed E-state index contributed by atoms with van der Waals surface area (Å²) >= 11 is 0. The lowest BCUT2D eigenvalue weighted by molar-refractivity contribution is -0.384. The highest BCUT2D eigenvalue weighted by Crippen LogP contribution is 2.30. The van der Waals surface area contributed by atoms with E-state index in [1.807, 2.05) is 4.68 Å². The smallest absolute Gasteiger partial charge is 0.269 e. The molecule has 1 aliphatic rings. The van der Waals surface area contributed by atoms with E-state index in [9.17, 15) is 14.9 Å². The van der Waals surface area contributed by atoms with Gasteiger partial charge < -0.3 is 5.32 Å². The first-order chi connectivity index (χ1) is 10.1. The number of hydrogen-bond acceptors (Lipinski definition) is 4. The fraction of sp³-hybridized carbons (Fsp3) is 0.286. The van der Waals surface area contributed by atoms with E-state index >= 15 is 0 Å². The van der Waals surface area contributed by atoms with Crippen LogP contribution in [0.25, 0.3) is 0 Å². The molecule has 0 saturated heterocycles. The second-order valence-electron chi connectivity index (χ2n) is 5.15. The highest BCUT2D eigenvalue weighted by molar-refractivity contribution is 6.04. The number of nitro groups is 1. The number of nitro benzene ring substituents is 1. The second-order valence-corrected chi connectivity index (χ2v) is 5.15. The number of carbonyl (C=O) groups excluding carboxylic acids is 1. The average molecular weight is 286 g/mol. The Kier molecular flexibility index (Phi) is 3.39. The first-order valence-corrected chi connectivity index (χ1v) is 6.70. The summed E-state index contributed by atoms with van der Waals surface area (Å²) < 4.78 is 1.82. The lowest BCUT2D eigenvalue weighted by atomic mass is 10.2. The van der Waals surface area contributed by atoms with Gasteiger partial charge in [-0.15, -0.1) is 0 Å². The van der Waals surface area contributed by atoms with Gasteiger partial charge in [0.15, 0.2) is 0 Å². The van der Waals surface area contributed by atoms with E-state index < -0.39 is 4.92 Å². The van der Waals surface area contributed by atoms with Crippen molar-refractivity contribution >= 4 is 17.3 Å². The minimum atomic E-state index is -0.496. The van der Waals surface area contributed by atoms with E-state index in [2.05, 4.69) is 10.4 Å². The molecule has 21 heavy (non-hydrogen) atoms. The van der Waals surface area contributed by atoms with Crippen molar-refractivity contribution in [2.24, 2.45) is 5.92 Å². The Hall–Kier alpha value is -2.70. The Labute approximate surface area is 120 Å². The fourth-order valence-electron chi connectivity index (χ4n) is 2.03. The maximum Gasteiger partial charge on any atom is 0.269 e. The van der Waals surface area contributed by atoms with Crippen LogP contribution in [0.5, 0.6) is 0 Å². The number of anilines is 1. The molecule has 0 radical (unpaired) electrons. The van der Waals surface area contributed by atoms with Gasteiger partial charge in [-0.1, -0.05) is 0 Å². The van der Waals surface area contributed by atoms with E-state index in [0.717, 1.165) is 6.54 Å². The summed E-state index contributed by atoms with van der Waals surface area (Å²) in [5.74, 6) is 0.402. The van der Waals surface area contributed by atoms with E-state index in [4.69, 9.17) is 0 Å². The molecule has 1 aromatic heterocycles. The highest BCUT2D eigenvalue weighted by atomic mass is 16.6. The summed E-state index contributed by atoms with van der Waals surface area (Å²) in [6, 6.07) is 5.49. The van der Waals surface area contributed by atoms with Crippen LogP contribution in [0.3, 0.4) is 0 Å². The van der Waals surface area contributed by atoms with Crippen molar-refractivity contribution in [3.05, 3.63) is 52.3 Å². The molecule has 7 nitrogen and oxygen atoms in total. The minimum Gasteiger partial charge on any atom is -0.319 e. The van der Waals surface area contributed by atoms with Crippen LogP contribution in [0.2, 0.25) is 0 Å². The van der Waals surface area contributed by atoms with Crippen LogP contribution in [0.1, 0.15) is 23.2 Å². The minimum absolute atomic E-state index is 0.0381. The quantitative estimate of drug-likeness (QED) is 0.675. The number of benzene rings is 1. The molecule has 1 amide bonds. The van der Waals surface area contributed by atoms with E-state index in [0.29, 0.717) is 17.2 Å². The summed E-state index contributed by atoms with van der Waals surface area (Å²) in [5, 5.41) is 17.5. The Morgan fingerprint density at radius 3 is 2.71 bits per heavy atom. The molecule has 0 atom stereocenters. The molecule has 1 fully saturated rings. The number of rotatable bonds is 5. The molecule has 0 aliphatic heterocycles. The Balaban J connectivity index is 1.64. The van der Waals surface area contributed by atoms with Gasteiger partial charge in [0.1, 0.15) is 0 Å². The molecule has 108 valence electrons. The largest absolute Gasteiger partial charge is 0.319 e. The topological polar surface area (TPSA) is 90.1 Å². The van der Waals surface area contributed by atoms with E-state index in [-0.39, 0.29) is 11.6 Å². The van der Waals surface area contributed by atoms with E-state index in [1.165, 1.54) is 37.1 Å². The van der Waals surface area contributed by atoms with Crippen molar-refractivity contribution in [2.75, 3.05) is 5.32 Å². The Bertz CT molecular complexity index is 674. The van der Waals surface area contributed by atoms with Gasteiger partial charge in [0.05, 0.1) is 16.8 Å². The van der Waals surface area contributed by atoms with Gasteiger partial charge in [-0.05, 0) is 30.9 Å². The normalized spacial score (nSPS) is 13.9. The number of hydrogen-bond donors (Lipinski definition) is 1. The third kappa shape index (κ3) is 3.25. The predicted octanol–water partition coefficient (Wildman–Crippen LogP) is 2.45. The van der Waals surface area contributed by atoms with Crippen molar-refractivity contribution in [1.29, 1.82) is 0 Å². The molecule has 2 aromatic rings. The first-order valence-electron chi connectivity index (χ1n) is 6.70. The van der Waals surface area contributed by atoms with E-state index in [1.54, 1.807) is 12.4 Å². The van der Waals surface area contributed by atoms with Gasteiger partial charge in [-0.2, -0.15) is 5.10 Å². The maximum atomic E-state index is 12.0. The van der Waals surface area contributed by atoms with Crippen LogP contribution in [0.4, 0.5) is 11.4 Å². The number of non-ortho nitro benzene ring substituents is 1. The van der Waals surface area contributed by atoms with Gasteiger partial charge in [0.25, 0.3) is 11.6 Å². The van der Waals surface area contributed by atoms with Crippen LogP contribution in [0.15, 0.2) is 36.7 Å². The first kappa shape index (κ1) is 13.3. The summed E-state index contributed by atoms with van der Waals surface area (Å²) in [4.78, 5) is 22.1. The zero-order valence-corrected chi connectivity index (χ0v) is 11.2. The molecule has 1 saturated carbocycles. The third-order valence-corrected chi connectivity index (χ3v) is 3.37. The van der Waals surface area contributed by atoms with Crippen LogP contribution >= 0.6 is 0 Å². The number of aromatic nitrogens is 2. The van der Waals surface area contributed by atoms with Crippen molar-refractivity contribution < 1.29 is 9.72 Å². The standard InChI is InChI=1S/C14H14N4O3/c19-14(11-3-5-13(6-4-11)18(20)21)16-12-7-15-17(9-12)8-10-1-2-10/h3-7,9-10H,1-2,8H2,(H,16,19). The van der Waals surface area contributed by atoms with Gasteiger partial charge in [0.2, 0.25) is 0 Å². The number of nitrogens with zero attached hydrogens (tertiary/aromatic N) is 3. The molecule has 3 rings (SSSR count). The molecular weight excluding hydrogens is 272 g/mol. The lowest BCUT2D eigenvalue weighted by Crippen LogP contribution is -2.11. The maximum absolute atomic E-state index is 12.0. The summed E-state index contributed by atoms with van der Waals surface area (Å²) in [6.45, 7) is 0.882. The van der Waals surface area contributed by atoms with Crippen LogP contribution in [-0.2, 0) is 6.54 Å². The van der Waals surface area contributed by atoms with Crippen molar-refractivity contribution in [3.63, 3.8) is 0 Å². The van der Waals surface area contributed by atoms with Crippen LogP contribution in [0, 0.1) is 16.0 Å². The van der Waals surface area contributed by atoms with Gasteiger partial charge in [-0.25, -0.2) is 0 Å². The Morgan fingerprint density at radius 1 is 1.38 bits per heavy atom. The Morgan fingerprint density at radius 2 is 2.10 bits per heavy atom. The SMILES string of the molecule is O=C(Nc1cnn(CC2CC2)c1)c1ccc([N+](=O)[O-])cc1. The molecule has 0 spiro atoms. The summed E-state index contributed by atoms with van der Waals surface area (Å²) in [6.07, 6.45) is 5.88. The van der Waals surface area contributed by atoms with Crippen molar-refractivity contribution in [2.45, 2.75) is 19.4 Å². The predicted molar refractivity (Wildman–Crippen MR) is 76.0 cm³/mol. The lowest BCUT2D eigenvalue weighted by Gasteiger charge is -2.02. The van der Waals surface area contributed by atoms with Crippen LogP contribution in [-0.4, -0.2) is 20.6 Å². The second kappa shape index (κ2) is 5.35. The number of amides is 1. The molecule has 7 heteroatoms. The van der Waals surface area contributed by atoms with Crippen molar-refractivity contribution in [3.8, 4) is 0 Å². The van der Waals surface area contributed by atoms with Gasteiger partial charge in [-0.3, -0.25) is 19.6 Å². The molecule has 1 heterocycles. The molecule has 1 aliphatic carbocycles. The number of nitrogens with one attached hydrogen (secondary N) is 1. The summed E-state index contributed by atoms with van der Waals surface area (Å²) in [5.41, 5.74) is 0.957. The van der Waals surface area contributed by atoms with Gasteiger partial charge >= 0.3 is 0 Å².